The van der Waals surface area contributed by atoms with Crippen LogP contribution in [-0.2, 0) is 10.8 Å². The van der Waals surface area contributed by atoms with Gasteiger partial charge in [-0.3, -0.25) is 0 Å². The summed E-state index contributed by atoms with van der Waals surface area (Å²) in [7, 11) is 0. The molecule has 72 heavy (non-hydrogen) atoms. The number of aromatic nitrogens is 1. The molecule has 0 unspecified atom stereocenters. The average molecular weight is 917 g/mol. The Labute approximate surface area is 420 Å². The van der Waals surface area contributed by atoms with E-state index in [9.17, 15) is 0 Å². The molecule has 3 aliphatic carbocycles. The maximum absolute atomic E-state index is 2.50. The van der Waals surface area contributed by atoms with E-state index in [2.05, 4.69) is 278 Å². The molecule has 2 nitrogen and oxygen atoms in total. The largest absolute Gasteiger partial charge is 0.310 e. The van der Waals surface area contributed by atoms with Crippen LogP contribution in [0.1, 0.15) is 47.2 Å². The van der Waals surface area contributed by atoms with Crippen molar-refractivity contribution in [1.29, 1.82) is 0 Å². The molecule has 1 spiro atoms. The fourth-order valence-corrected chi connectivity index (χ4v) is 13.2. The second kappa shape index (κ2) is 15.3. The third-order valence-electron chi connectivity index (χ3n) is 16.4. The van der Waals surface area contributed by atoms with Crippen molar-refractivity contribution in [2.75, 3.05) is 4.90 Å². The predicted octanol–water partition coefficient (Wildman–Crippen LogP) is 18.2. The van der Waals surface area contributed by atoms with E-state index in [1.165, 1.54) is 111 Å². The molecule has 1 aromatic heterocycles. The summed E-state index contributed by atoms with van der Waals surface area (Å²) >= 11 is 0. The molecular weight excluding hydrogens is 869 g/mol. The highest BCUT2D eigenvalue weighted by Gasteiger charge is 2.51. The van der Waals surface area contributed by atoms with Crippen LogP contribution in [0, 0.1) is 0 Å². The summed E-state index contributed by atoms with van der Waals surface area (Å²) in [5.41, 5.74) is 27.4. The SMILES string of the molecule is CC1(C)c2ccccc2-c2ccc(-c3ccc(N(c4ccccc4)c4ccc5c(c4)c4cc(-c6ccc7c(c6)C6(c8ccccc8-c8ccccc86)c6ccccc6-7)ccc4n5-c4ccccc4)cc3)cc21. The predicted molar refractivity (Wildman–Crippen MR) is 300 cm³/mol. The molecule has 0 saturated carbocycles. The molecule has 338 valence electrons. The fraction of sp³-hybridized carbons (Fsp3) is 0.0571. The van der Waals surface area contributed by atoms with E-state index in [1.807, 2.05) is 0 Å². The Morgan fingerprint density at radius 2 is 0.694 bits per heavy atom. The molecule has 0 atom stereocenters. The summed E-state index contributed by atoms with van der Waals surface area (Å²) in [5, 5.41) is 2.42. The smallest absolute Gasteiger partial charge is 0.0725 e. The van der Waals surface area contributed by atoms with Crippen molar-refractivity contribution in [2.45, 2.75) is 24.7 Å². The molecule has 1 heterocycles. The van der Waals surface area contributed by atoms with Crippen molar-refractivity contribution in [3.8, 4) is 61.3 Å². The van der Waals surface area contributed by atoms with Gasteiger partial charge in [0.05, 0.1) is 16.4 Å². The Balaban J connectivity index is 0.878. The number of para-hydroxylation sites is 2. The van der Waals surface area contributed by atoms with Crippen LogP contribution in [0.4, 0.5) is 17.1 Å². The minimum atomic E-state index is -0.402. The summed E-state index contributed by atoms with van der Waals surface area (Å²) in [4.78, 5) is 2.40. The van der Waals surface area contributed by atoms with Gasteiger partial charge in [0, 0.05) is 38.9 Å². The van der Waals surface area contributed by atoms with Gasteiger partial charge in [-0.2, -0.15) is 0 Å². The molecule has 15 rings (SSSR count). The zero-order valence-electron chi connectivity index (χ0n) is 40.1. The molecule has 12 aromatic rings. The van der Waals surface area contributed by atoms with E-state index in [1.54, 1.807) is 0 Å². The van der Waals surface area contributed by atoms with Gasteiger partial charge >= 0.3 is 0 Å². The number of hydrogen-bond donors (Lipinski definition) is 0. The van der Waals surface area contributed by atoms with Crippen LogP contribution < -0.4 is 4.90 Å². The Bertz CT molecular complexity index is 4110. The first kappa shape index (κ1) is 40.9. The van der Waals surface area contributed by atoms with E-state index >= 15 is 0 Å². The molecular formula is C70H48N2. The molecule has 0 radical (unpaired) electrons. The fourth-order valence-electron chi connectivity index (χ4n) is 13.2. The minimum absolute atomic E-state index is 0.0547. The number of fused-ring (bicyclic) bond motifs is 16. The highest BCUT2D eigenvalue weighted by Crippen LogP contribution is 2.63. The number of hydrogen-bond acceptors (Lipinski definition) is 1. The molecule has 0 amide bonds. The van der Waals surface area contributed by atoms with Gasteiger partial charge in [-0.1, -0.05) is 190 Å². The number of nitrogens with zero attached hydrogens (tertiary/aromatic N) is 2. The Hall–Kier alpha value is -8.98. The second-order valence-electron chi connectivity index (χ2n) is 20.4. The highest BCUT2D eigenvalue weighted by molar-refractivity contribution is 6.12. The zero-order chi connectivity index (χ0) is 47.7. The van der Waals surface area contributed by atoms with Crippen molar-refractivity contribution in [1.82, 2.24) is 4.57 Å². The molecule has 0 aliphatic heterocycles. The molecule has 2 heteroatoms. The van der Waals surface area contributed by atoms with Crippen LogP contribution in [0.5, 0.6) is 0 Å². The lowest BCUT2D eigenvalue weighted by atomic mass is 9.70. The van der Waals surface area contributed by atoms with Gasteiger partial charge < -0.3 is 9.47 Å². The minimum Gasteiger partial charge on any atom is -0.310 e. The van der Waals surface area contributed by atoms with Gasteiger partial charge in [-0.25, -0.2) is 0 Å². The molecule has 11 aromatic carbocycles. The number of benzene rings is 11. The summed E-state index contributed by atoms with van der Waals surface area (Å²) in [6.45, 7) is 4.71. The van der Waals surface area contributed by atoms with Crippen LogP contribution in [-0.4, -0.2) is 4.57 Å². The quantitative estimate of drug-likeness (QED) is 0.161. The first-order valence-electron chi connectivity index (χ1n) is 25.2. The average Bonchev–Trinajstić information content (AvgIpc) is 4.11. The lowest BCUT2D eigenvalue weighted by Crippen LogP contribution is -2.25. The maximum Gasteiger partial charge on any atom is 0.0725 e. The molecule has 0 N–H and O–H groups in total. The summed E-state index contributed by atoms with van der Waals surface area (Å²) in [6.07, 6.45) is 0. The second-order valence-corrected chi connectivity index (χ2v) is 20.4. The van der Waals surface area contributed by atoms with Gasteiger partial charge in [0.15, 0.2) is 0 Å². The Kier molecular flexibility index (Phi) is 8.66. The molecule has 0 bridgehead atoms. The van der Waals surface area contributed by atoms with Gasteiger partial charge in [0.1, 0.15) is 0 Å². The van der Waals surface area contributed by atoms with Crippen LogP contribution in [0.2, 0.25) is 0 Å². The van der Waals surface area contributed by atoms with Crippen molar-refractivity contribution in [2.24, 2.45) is 0 Å². The first-order chi connectivity index (χ1) is 35.5. The normalized spacial score (nSPS) is 13.9. The van der Waals surface area contributed by atoms with Crippen molar-refractivity contribution in [3.63, 3.8) is 0 Å². The van der Waals surface area contributed by atoms with Crippen LogP contribution >= 0.6 is 0 Å². The monoisotopic (exact) mass is 916 g/mol. The van der Waals surface area contributed by atoms with Gasteiger partial charge in [-0.05, 0) is 168 Å². The number of anilines is 3. The van der Waals surface area contributed by atoms with Gasteiger partial charge in [0.2, 0.25) is 0 Å². The zero-order valence-corrected chi connectivity index (χ0v) is 40.1. The summed E-state index contributed by atoms with van der Waals surface area (Å²) < 4.78 is 2.43. The topological polar surface area (TPSA) is 8.17 Å². The summed E-state index contributed by atoms with van der Waals surface area (Å²) in [6, 6.07) is 95.2. The molecule has 3 aliphatic rings. The lowest BCUT2D eigenvalue weighted by Gasteiger charge is -2.30. The highest BCUT2D eigenvalue weighted by atomic mass is 15.1. The van der Waals surface area contributed by atoms with Crippen LogP contribution in [0.3, 0.4) is 0 Å². The van der Waals surface area contributed by atoms with E-state index < -0.39 is 5.41 Å². The van der Waals surface area contributed by atoms with E-state index in [4.69, 9.17) is 0 Å². The van der Waals surface area contributed by atoms with Crippen molar-refractivity contribution in [3.05, 3.63) is 288 Å². The third-order valence-corrected chi connectivity index (χ3v) is 16.4. The number of rotatable bonds is 6. The van der Waals surface area contributed by atoms with E-state index in [-0.39, 0.29) is 5.41 Å². The van der Waals surface area contributed by atoms with Crippen LogP contribution in [0.15, 0.2) is 255 Å². The summed E-state index contributed by atoms with van der Waals surface area (Å²) in [5.74, 6) is 0. The first-order valence-corrected chi connectivity index (χ1v) is 25.2. The standard InChI is InChI=1S/C70H48N2/c1-69(2)61-25-13-9-21-53(61)57-37-31-47(42-65(57)69)45-29-34-51(35-30-45)71(49-17-5-3-6-18-49)52-36-40-68-60(44-52)59-41-46(33-39-67(59)72(68)50-19-7-4-8-20-50)48-32-38-58-56-24-12-16-28-64(56)70(66(58)43-48)62-26-14-10-22-54(62)55-23-11-15-27-63(55)70/h3-44H,1-2H3. The van der Waals surface area contributed by atoms with Crippen LogP contribution in [0.25, 0.3) is 83.1 Å². The Morgan fingerprint density at radius 1 is 0.292 bits per heavy atom. The Morgan fingerprint density at radius 3 is 1.32 bits per heavy atom. The molecule has 0 saturated heterocycles. The van der Waals surface area contributed by atoms with Gasteiger partial charge in [-0.15, -0.1) is 0 Å². The third kappa shape index (κ3) is 5.66. The van der Waals surface area contributed by atoms with E-state index in [0.29, 0.717) is 0 Å². The van der Waals surface area contributed by atoms with Crippen molar-refractivity contribution < 1.29 is 0 Å². The molecule has 0 fully saturated rings. The van der Waals surface area contributed by atoms with Gasteiger partial charge in [0.25, 0.3) is 0 Å². The van der Waals surface area contributed by atoms with E-state index in [0.717, 1.165) is 22.7 Å². The van der Waals surface area contributed by atoms with Crippen molar-refractivity contribution >= 4 is 38.9 Å². The lowest BCUT2D eigenvalue weighted by molar-refractivity contribution is 0.660. The maximum atomic E-state index is 2.50.